The second kappa shape index (κ2) is 9.68. The summed E-state index contributed by atoms with van der Waals surface area (Å²) in [6.07, 6.45) is 1.55. The number of nitrogens with two attached hydrogens (primary N) is 1. The number of ether oxygens (including phenoxy) is 2. The van der Waals surface area contributed by atoms with E-state index in [1.807, 2.05) is 0 Å². The Labute approximate surface area is 165 Å². The van der Waals surface area contributed by atoms with Crippen LogP contribution in [0.15, 0.2) is 11.4 Å². The van der Waals surface area contributed by atoms with Crippen molar-refractivity contribution in [2.24, 2.45) is 0 Å². The number of aromatic nitrogens is 2. The number of carbonyl (C=O) groups excluding carboxylic acids is 3. The van der Waals surface area contributed by atoms with Crippen LogP contribution in [0.25, 0.3) is 0 Å². The van der Waals surface area contributed by atoms with Crippen LogP contribution in [-0.4, -0.2) is 72.7 Å². The van der Waals surface area contributed by atoms with E-state index in [0.717, 1.165) is 11.8 Å². The third kappa shape index (κ3) is 6.64. The van der Waals surface area contributed by atoms with Crippen LogP contribution in [0.1, 0.15) is 23.7 Å². The number of amides is 1. The van der Waals surface area contributed by atoms with Crippen LogP contribution >= 0.6 is 11.8 Å². The lowest BCUT2D eigenvalue weighted by atomic mass is 10.2. The van der Waals surface area contributed by atoms with Gasteiger partial charge in [-0.25, -0.2) is 23.2 Å². The van der Waals surface area contributed by atoms with Gasteiger partial charge in [0.1, 0.15) is 11.4 Å². The van der Waals surface area contributed by atoms with Crippen LogP contribution in [0.5, 0.6) is 0 Å². The summed E-state index contributed by atoms with van der Waals surface area (Å²) in [7, 11) is -3.11. The fourth-order valence-electron chi connectivity index (χ4n) is 2.30. The molecule has 0 radical (unpaired) electrons. The summed E-state index contributed by atoms with van der Waals surface area (Å²) in [5.74, 6) is -2.22. The van der Waals surface area contributed by atoms with Crippen molar-refractivity contribution in [1.82, 2.24) is 15.3 Å². The summed E-state index contributed by atoms with van der Waals surface area (Å²) < 4.78 is 32.3. The highest BCUT2D eigenvalue weighted by Crippen LogP contribution is 2.17. The molecule has 1 atom stereocenters. The Hall–Kier alpha value is -2.41. The van der Waals surface area contributed by atoms with Crippen molar-refractivity contribution in [2.45, 2.75) is 24.5 Å². The molecule has 1 aliphatic rings. The average Bonchev–Trinajstić information content (AvgIpc) is 2.96. The van der Waals surface area contributed by atoms with Crippen molar-refractivity contribution in [3.8, 4) is 0 Å². The molecular weight excluding hydrogens is 412 g/mol. The minimum atomic E-state index is -3.11. The highest BCUT2D eigenvalue weighted by molar-refractivity contribution is 7.99. The smallest absolute Gasteiger partial charge is 0.343 e. The number of nitrogens with one attached hydrogen (secondary N) is 1. The summed E-state index contributed by atoms with van der Waals surface area (Å²) in [6, 6.07) is -0.458. The molecule has 0 aliphatic carbocycles. The standard InChI is InChI=1S/C15H20N4O7S2/c1-2-25-14(22)10-5-17-15(19-13(10)16)27-7-12(21)26-6-11(20)18-9-3-4-28(23,24)8-9/h5,9H,2-4,6-8H2,1H3,(H,18,20)(H2,16,17,19)/t9-/m0/s1. The lowest BCUT2D eigenvalue weighted by Crippen LogP contribution is -2.38. The van der Waals surface area contributed by atoms with Crippen LogP contribution in [0.4, 0.5) is 5.82 Å². The molecule has 0 aromatic carbocycles. The SMILES string of the molecule is CCOC(=O)c1cnc(SCC(=O)OCC(=O)N[C@H]2CCS(=O)(=O)C2)nc1N. The fourth-order valence-corrected chi connectivity index (χ4v) is 4.60. The number of carbonyl (C=O) groups is 3. The molecule has 1 aliphatic heterocycles. The number of nitrogens with zero attached hydrogens (tertiary/aromatic N) is 2. The van der Waals surface area contributed by atoms with Gasteiger partial charge in [-0.3, -0.25) is 9.59 Å². The minimum Gasteiger partial charge on any atom is -0.462 e. The van der Waals surface area contributed by atoms with Gasteiger partial charge in [0.15, 0.2) is 21.6 Å². The van der Waals surface area contributed by atoms with E-state index in [0.29, 0.717) is 6.42 Å². The van der Waals surface area contributed by atoms with E-state index in [2.05, 4.69) is 15.3 Å². The molecule has 0 bridgehead atoms. The normalized spacial score (nSPS) is 17.7. The molecule has 13 heteroatoms. The topological polar surface area (TPSA) is 168 Å². The Morgan fingerprint density at radius 2 is 2.11 bits per heavy atom. The Kier molecular flexibility index (Phi) is 7.57. The van der Waals surface area contributed by atoms with Gasteiger partial charge in [0.2, 0.25) is 0 Å². The quantitative estimate of drug-likeness (QED) is 0.299. The number of thioether (sulfide) groups is 1. The molecule has 1 aromatic rings. The van der Waals surface area contributed by atoms with Crippen LogP contribution in [0.3, 0.4) is 0 Å². The number of hydrogen-bond acceptors (Lipinski definition) is 11. The second-order valence-corrected chi connectivity index (χ2v) is 8.96. The first-order valence-electron chi connectivity index (χ1n) is 8.28. The largest absolute Gasteiger partial charge is 0.462 e. The average molecular weight is 432 g/mol. The zero-order valence-corrected chi connectivity index (χ0v) is 16.7. The summed E-state index contributed by atoms with van der Waals surface area (Å²) in [5, 5.41) is 2.67. The molecule has 28 heavy (non-hydrogen) atoms. The molecule has 1 aromatic heterocycles. The number of nitrogen functional groups attached to an aromatic ring is 1. The molecular formula is C15H20N4O7S2. The van der Waals surface area contributed by atoms with Gasteiger partial charge >= 0.3 is 11.9 Å². The summed E-state index contributed by atoms with van der Waals surface area (Å²) in [6.45, 7) is 1.33. The van der Waals surface area contributed by atoms with Gasteiger partial charge in [-0.15, -0.1) is 0 Å². The third-order valence-corrected chi connectivity index (χ3v) is 6.18. The monoisotopic (exact) mass is 432 g/mol. The van der Waals surface area contributed by atoms with Crippen molar-refractivity contribution < 1.29 is 32.3 Å². The number of rotatable bonds is 8. The third-order valence-electron chi connectivity index (χ3n) is 3.57. The van der Waals surface area contributed by atoms with Crippen molar-refractivity contribution in [1.29, 1.82) is 0 Å². The molecule has 1 saturated heterocycles. The van der Waals surface area contributed by atoms with Crippen LogP contribution in [-0.2, 0) is 28.9 Å². The van der Waals surface area contributed by atoms with Gasteiger partial charge in [-0.05, 0) is 13.3 Å². The van der Waals surface area contributed by atoms with E-state index < -0.39 is 40.3 Å². The summed E-state index contributed by atoms with van der Waals surface area (Å²) in [4.78, 5) is 42.9. The predicted octanol–water partition coefficient (Wildman–Crippen LogP) is -0.826. The lowest BCUT2D eigenvalue weighted by molar-refractivity contribution is -0.146. The molecule has 2 heterocycles. The van der Waals surface area contributed by atoms with Crippen molar-refractivity contribution in [3.05, 3.63) is 11.8 Å². The Balaban J connectivity index is 1.74. The van der Waals surface area contributed by atoms with Gasteiger partial charge in [-0.2, -0.15) is 0 Å². The molecule has 1 amide bonds. The first-order valence-corrected chi connectivity index (χ1v) is 11.1. The van der Waals surface area contributed by atoms with E-state index in [1.54, 1.807) is 6.92 Å². The zero-order chi connectivity index (χ0) is 20.7. The second-order valence-electron chi connectivity index (χ2n) is 5.79. The van der Waals surface area contributed by atoms with Gasteiger partial charge < -0.3 is 20.5 Å². The molecule has 154 valence electrons. The van der Waals surface area contributed by atoms with E-state index in [4.69, 9.17) is 15.2 Å². The van der Waals surface area contributed by atoms with Gasteiger partial charge in [0, 0.05) is 12.2 Å². The summed E-state index contributed by atoms with van der Waals surface area (Å²) >= 11 is 0.921. The number of sulfone groups is 1. The van der Waals surface area contributed by atoms with Gasteiger partial charge in [-0.1, -0.05) is 11.8 Å². The molecule has 0 unspecified atom stereocenters. The molecule has 11 nitrogen and oxygen atoms in total. The lowest BCUT2D eigenvalue weighted by Gasteiger charge is -2.11. The molecule has 2 rings (SSSR count). The number of esters is 2. The predicted molar refractivity (Wildman–Crippen MR) is 99.3 cm³/mol. The maximum Gasteiger partial charge on any atom is 0.343 e. The highest BCUT2D eigenvalue weighted by Gasteiger charge is 2.29. The summed E-state index contributed by atoms with van der Waals surface area (Å²) in [5.41, 5.74) is 5.70. The zero-order valence-electron chi connectivity index (χ0n) is 15.0. The van der Waals surface area contributed by atoms with Crippen LogP contribution in [0, 0.1) is 0 Å². The highest BCUT2D eigenvalue weighted by atomic mass is 32.2. The maximum atomic E-state index is 11.7. The van der Waals surface area contributed by atoms with Crippen LogP contribution in [0.2, 0.25) is 0 Å². The van der Waals surface area contributed by atoms with Crippen molar-refractivity contribution >= 4 is 45.3 Å². The van der Waals surface area contributed by atoms with E-state index in [9.17, 15) is 22.8 Å². The van der Waals surface area contributed by atoms with Gasteiger partial charge in [0.05, 0.1) is 23.9 Å². The number of hydrogen-bond donors (Lipinski definition) is 2. The molecule has 3 N–H and O–H groups in total. The van der Waals surface area contributed by atoms with Crippen molar-refractivity contribution in [2.75, 3.05) is 36.2 Å². The first-order chi connectivity index (χ1) is 13.2. The van der Waals surface area contributed by atoms with Gasteiger partial charge in [0.25, 0.3) is 5.91 Å². The maximum absolute atomic E-state index is 11.7. The molecule has 0 saturated carbocycles. The Bertz CT molecular complexity index is 860. The molecule has 1 fully saturated rings. The van der Waals surface area contributed by atoms with E-state index in [1.165, 1.54) is 6.20 Å². The first kappa shape index (κ1) is 21.9. The van der Waals surface area contributed by atoms with Crippen molar-refractivity contribution in [3.63, 3.8) is 0 Å². The Morgan fingerprint density at radius 3 is 2.71 bits per heavy atom. The minimum absolute atomic E-state index is 0.0272. The number of anilines is 1. The molecule has 0 spiro atoms. The Morgan fingerprint density at radius 1 is 1.36 bits per heavy atom. The van der Waals surface area contributed by atoms with E-state index >= 15 is 0 Å². The van der Waals surface area contributed by atoms with E-state index in [-0.39, 0.29) is 40.4 Å². The van der Waals surface area contributed by atoms with Crippen LogP contribution < -0.4 is 11.1 Å². The fraction of sp³-hybridized carbons (Fsp3) is 0.533.